The highest BCUT2D eigenvalue weighted by Crippen LogP contribution is 2.11. The first-order valence-corrected chi connectivity index (χ1v) is 6.46. The number of carbonyl (C=O) groups is 1. The summed E-state index contributed by atoms with van der Waals surface area (Å²) in [6.45, 7) is 4.68. The Bertz CT molecular complexity index is 547. The van der Waals surface area contributed by atoms with Crippen LogP contribution in [0.4, 0.5) is 0 Å². The molecule has 0 saturated heterocycles. The molecule has 1 aromatic heterocycles. The van der Waals surface area contributed by atoms with Crippen LogP contribution in [0.25, 0.3) is 0 Å². The van der Waals surface area contributed by atoms with Crippen molar-refractivity contribution in [3.05, 3.63) is 53.1 Å². The molecule has 0 aliphatic rings. The van der Waals surface area contributed by atoms with Crippen molar-refractivity contribution in [1.82, 2.24) is 15.3 Å². The Hall–Kier alpha value is -2.10. The Balaban J connectivity index is 1.82. The molecule has 0 fully saturated rings. The van der Waals surface area contributed by atoms with E-state index in [1.54, 1.807) is 12.4 Å². The summed E-state index contributed by atoms with van der Waals surface area (Å²) in [6.07, 6.45) is 4.66. The lowest BCUT2D eigenvalue weighted by atomic mass is 10.0. The van der Waals surface area contributed by atoms with Gasteiger partial charge in [0.25, 0.3) is 0 Å². The van der Waals surface area contributed by atoms with E-state index in [0.29, 0.717) is 13.0 Å². The summed E-state index contributed by atoms with van der Waals surface area (Å²) < 4.78 is 0. The molecule has 0 bridgehead atoms. The van der Waals surface area contributed by atoms with E-state index >= 15 is 0 Å². The Morgan fingerprint density at radius 3 is 2.95 bits per heavy atom. The SMILES string of the molecule is Cc1ccc(C)c(CC(=O)NCCc2ncc[nH]2)c1. The number of nitrogens with one attached hydrogen (secondary N) is 2. The highest BCUT2D eigenvalue weighted by molar-refractivity contribution is 5.78. The van der Waals surface area contributed by atoms with Gasteiger partial charge in [0.05, 0.1) is 6.42 Å². The number of aryl methyl sites for hydroxylation is 2. The molecular weight excluding hydrogens is 238 g/mol. The van der Waals surface area contributed by atoms with E-state index in [4.69, 9.17) is 0 Å². The second kappa shape index (κ2) is 6.18. The van der Waals surface area contributed by atoms with Gasteiger partial charge < -0.3 is 10.3 Å². The van der Waals surface area contributed by atoms with Crippen LogP contribution in [0, 0.1) is 13.8 Å². The van der Waals surface area contributed by atoms with Crippen molar-refractivity contribution in [2.75, 3.05) is 6.54 Å². The first-order valence-electron chi connectivity index (χ1n) is 6.46. The largest absolute Gasteiger partial charge is 0.355 e. The smallest absolute Gasteiger partial charge is 0.224 e. The molecule has 1 heterocycles. The number of carbonyl (C=O) groups excluding carboxylic acids is 1. The molecule has 4 heteroatoms. The summed E-state index contributed by atoms with van der Waals surface area (Å²) in [6, 6.07) is 6.19. The van der Waals surface area contributed by atoms with Crippen molar-refractivity contribution in [3.8, 4) is 0 Å². The number of imidazole rings is 1. The van der Waals surface area contributed by atoms with E-state index in [1.807, 2.05) is 13.8 Å². The summed E-state index contributed by atoms with van der Waals surface area (Å²) in [5, 5.41) is 2.92. The zero-order valence-corrected chi connectivity index (χ0v) is 11.4. The maximum Gasteiger partial charge on any atom is 0.224 e. The van der Waals surface area contributed by atoms with Crippen LogP contribution in [0.15, 0.2) is 30.6 Å². The van der Waals surface area contributed by atoms with Gasteiger partial charge in [-0.2, -0.15) is 0 Å². The average Bonchev–Trinajstić information content (AvgIpc) is 2.87. The maximum atomic E-state index is 11.9. The van der Waals surface area contributed by atoms with Crippen LogP contribution in [0.1, 0.15) is 22.5 Å². The van der Waals surface area contributed by atoms with Gasteiger partial charge >= 0.3 is 0 Å². The molecule has 0 atom stereocenters. The van der Waals surface area contributed by atoms with Crippen LogP contribution in [-0.2, 0) is 17.6 Å². The number of amides is 1. The predicted octanol–water partition coefficient (Wildman–Crippen LogP) is 1.93. The third-order valence-electron chi connectivity index (χ3n) is 3.09. The summed E-state index contributed by atoms with van der Waals surface area (Å²) in [7, 11) is 0. The van der Waals surface area contributed by atoms with Crippen LogP contribution in [0.2, 0.25) is 0 Å². The maximum absolute atomic E-state index is 11.9. The molecule has 1 amide bonds. The fraction of sp³-hybridized carbons (Fsp3) is 0.333. The Kier molecular flexibility index (Phi) is 4.34. The van der Waals surface area contributed by atoms with Gasteiger partial charge in [0, 0.05) is 25.4 Å². The van der Waals surface area contributed by atoms with Crippen molar-refractivity contribution in [1.29, 1.82) is 0 Å². The molecular formula is C15H19N3O. The van der Waals surface area contributed by atoms with Gasteiger partial charge in [0.2, 0.25) is 5.91 Å². The number of benzene rings is 1. The molecule has 2 N–H and O–H groups in total. The van der Waals surface area contributed by atoms with Crippen LogP contribution < -0.4 is 5.32 Å². The van der Waals surface area contributed by atoms with E-state index in [2.05, 4.69) is 33.5 Å². The van der Waals surface area contributed by atoms with Gasteiger partial charge in [-0.3, -0.25) is 4.79 Å². The van der Waals surface area contributed by atoms with E-state index in [1.165, 1.54) is 5.56 Å². The van der Waals surface area contributed by atoms with Crippen molar-refractivity contribution >= 4 is 5.91 Å². The van der Waals surface area contributed by atoms with E-state index in [-0.39, 0.29) is 5.91 Å². The predicted molar refractivity (Wildman–Crippen MR) is 74.9 cm³/mol. The molecule has 2 rings (SSSR count). The van der Waals surface area contributed by atoms with Crippen LogP contribution in [-0.4, -0.2) is 22.4 Å². The van der Waals surface area contributed by atoms with Gasteiger partial charge in [0.1, 0.15) is 5.82 Å². The molecule has 2 aromatic rings. The molecule has 0 spiro atoms. The van der Waals surface area contributed by atoms with Gasteiger partial charge in [0.15, 0.2) is 0 Å². The second-order valence-corrected chi connectivity index (χ2v) is 4.74. The zero-order chi connectivity index (χ0) is 13.7. The fourth-order valence-corrected chi connectivity index (χ4v) is 1.98. The number of rotatable bonds is 5. The van der Waals surface area contributed by atoms with E-state index < -0.39 is 0 Å². The molecule has 0 aliphatic heterocycles. The van der Waals surface area contributed by atoms with Crippen LogP contribution in [0.3, 0.4) is 0 Å². The molecule has 0 unspecified atom stereocenters. The fourth-order valence-electron chi connectivity index (χ4n) is 1.98. The topological polar surface area (TPSA) is 57.8 Å². The Morgan fingerprint density at radius 2 is 2.21 bits per heavy atom. The standard InChI is InChI=1S/C15H19N3O/c1-11-3-4-12(2)13(9-11)10-15(19)18-6-5-14-16-7-8-17-14/h3-4,7-9H,5-6,10H2,1-2H3,(H,16,17)(H,18,19). The number of nitrogens with zero attached hydrogens (tertiary/aromatic N) is 1. The zero-order valence-electron chi connectivity index (χ0n) is 11.4. The van der Waals surface area contributed by atoms with Crippen LogP contribution >= 0.6 is 0 Å². The van der Waals surface area contributed by atoms with E-state index in [0.717, 1.165) is 23.4 Å². The van der Waals surface area contributed by atoms with Crippen LogP contribution in [0.5, 0.6) is 0 Å². The molecule has 100 valence electrons. The molecule has 0 saturated carbocycles. The quantitative estimate of drug-likeness (QED) is 0.860. The molecule has 1 aromatic carbocycles. The van der Waals surface area contributed by atoms with Gasteiger partial charge in [-0.15, -0.1) is 0 Å². The third-order valence-corrected chi connectivity index (χ3v) is 3.09. The minimum atomic E-state index is 0.0558. The van der Waals surface area contributed by atoms with Crippen molar-refractivity contribution < 1.29 is 4.79 Å². The Morgan fingerprint density at radius 1 is 1.37 bits per heavy atom. The average molecular weight is 257 g/mol. The number of aromatic nitrogens is 2. The lowest BCUT2D eigenvalue weighted by Gasteiger charge is -2.08. The first kappa shape index (κ1) is 13.3. The van der Waals surface area contributed by atoms with Crippen molar-refractivity contribution in [2.24, 2.45) is 0 Å². The summed E-state index contributed by atoms with van der Waals surface area (Å²) in [5.74, 6) is 0.951. The van der Waals surface area contributed by atoms with Crippen molar-refractivity contribution in [3.63, 3.8) is 0 Å². The van der Waals surface area contributed by atoms with E-state index in [9.17, 15) is 4.79 Å². The second-order valence-electron chi connectivity index (χ2n) is 4.74. The first-order chi connectivity index (χ1) is 9.15. The third kappa shape index (κ3) is 3.95. The molecule has 19 heavy (non-hydrogen) atoms. The van der Waals surface area contributed by atoms with Gasteiger partial charge in [-0.1, -0.05) is 23.8 Å². The Labute approximate surface area is 113 Å². The molecule has 4 nitrogen and oxygen atoms in total. The summed E-state index contributed by atoms with van der Waals surface area (Å²) in [5.41, 5.74) is 3.44. The number of H-pyrrole nitrogens is 1. The minimum Gasteiger partial charge on any atom is -0.355 e. The highest BCUT2D eigenvalue weighted by atomic mass is 16.1. The number of aromatic amines is 1. The highest BCUT2D eigenvalue weighted by Gasteiger charge is 2.06. The molecule has 0 radical (unpaired) electrons. The van der Waals surface area contributed by atoms with Gasteiger partial charge in [-0.25, -0.2) is 4.98 Å². The lowest BCUT2D eigenvalue weighted by molar-refractivity contribution is -0.120. The molecule has 0 aliphatic carbocycles. The van der Waals surface area contributed by atoms with Crippen molar-refractivity contribution in [2.45, 2.75) is 26.7 Å². The number of hydrogen-bond donors (Lipinski definition) is 2. The van der Waals surface area contributed by atoms with Gasteiger partial charge in [-0.05, 0) is 25.0 Å². The normalized spacial score (nSPS) is 10.4. The summed E-state index contributed by atoms with van der Waals surface area (Å²) >= 11 is 0. The minimum absolute atomic E-state index is 0.0558. The monoisotopic (exact) mass is 257 g/mol. The lowest BCUT2D eigenvalue weighted by Crippen LogP contribution is -2.27. The summed E-state index contributed by atoms with van der Waals surface area (Å²) in [4.78, 5) is 19.0. The number of hydrogen-bond acceptors (Lipinski definition) is 2.